The summed E-state index contributed by atoms with van der Waals surface area (Å²) in [6.07, 6.45) is 0. The Morgan fingerprint density at radius 2 is 2.00 bits per heavy atom. The minimum atomic E-state index is 0.184. The van der Waals surface area contributed by atoms with Gasteiger partial charge < -0.3 is 4.74 Å². The van der Waals surface area contributed by atoms with Gasteiger partial charge in [-0.05, 0) is 31.2 Å². The van der Waals surface area contributed by atoms with Gasteiger partial charge in [0.05, 0.1) is 11.9 Å². The summed E-state index contributed by atoms with van der Waals surface area (Å²) in [6, 6.07) is 10.4. The molecule has 0 bridgehead atoms. The molecule has 1 heterocycles. The van der Waals surface area contributed by atoms with Crippen molar-refractivity contribution in [3.8, 4) is 5.75 Å². The molecule has 2 aromatic rings. The highest BCUT2D eigenvalue weighted by atomic mass is 79.9. The van der Waals surface area contributed by atoms with Crippen LogP contribution in [-0.2, 0) is 0 Å². The lowest BCUT2D eigenvalue weighted by Crippen LogP contribution is -1.95. The first kappa shape index (κ1) is 13.1. The van der Waals surface area contributed by atoms with Crippen LogP contribution in [0.3, 0.4) is 0 Å². The first-order chi connectivity index (χ1) is 8.11. The molecular weight excluding hydrogens is 364 g/mol. The zero-order valence-electron chi connectivity index (χ0n) is 9.54. The van der Waals surface area contributed by atoms with E-state index in [2.05, 4.69) is 57.0 Å². The zero-order valence-corrected chi connectivity index (χ0v) is 13.5. The average molecular weight is 376 g/mol. The Kier molecular flexibility index (Phi) is 4.28. The van der Waals surface area contributed by atoms with Crippen LogP contribution >= 0.6 is 43.2 Å². The number of rotatable bonds is 3. The van der Waals surface area contributed by atoms with E-state index < -0.39 is 0 Å². The number of hydrogen-bond donors (Lipinski definition) is 0. The van der Waals surface area contributed by atoms with Crippen molar-refractivity contribution in [1.29, 1.82) is 0 Å². The van der Waals surface area contributed by atoms with Crippen LogP contribution in [0.5, 0.6) is 5.75 Å². The van der Waals surface area contributed by atoms with Crippen LogP contribution in [0.1, 0.15) is 20.1 Å². The molecule has 17 heavy (non-hydrogen) atoms. The highest BCUT2D eigenvalue weighted by Gasteiger charge is 2.16. The fraction of sp³-hybridized carbons (Fsp3) is 0.231. The smallest absolute Gasteiger partial charge is 0.124 e. The molecule has 4 heteroatoms. The van der Waals surface area contributed by atoms with Crippen molar-refractivity contribution in [2.45, 2.75) is 11.8 Å². The van der Waals surface area contributed by atoms with Gasteiger partial charge in [-0.15, -0.1) is 11.3 Å². The van der Waals surface area contributed by atoms with Crippen molar-refractivity contribution in [1.82, 2.24) is 0 Å². The second-order valence-corrected chi connectivity index (χ2v) is 6.85. The lowest BCUT2D eigenvalue weighted by atomic mass is 10.1. The Morgan fingerprint density at radius 3 is 2.59 bits per heavy atom. The van der Waals surface area contributed by atoms with Gasteiger partial charge in [0.2, 0.25) is 0 Å². The number of benzene rings is 1. The van der Waals surface area contributed by atoms with Crippen LogP contribution in [0.2, 0.25) is 0 Å². The Labute approximate surface area is 122 Å². The summed E-state index contributed by atoms with van der Waals surface area (Å²) >= 11 is 8.99. The van der Waals surface area contributed by atoms with E-state index >= 15 is 0 Å². The monoisotopic (exact) mass is 374 g/mol. The van der Waals surface area contributed by atoms with E-state index in [1.165, 1.54) is 9.75 Å². The largest absolute Gasteiger partial charge is 0.496 e. The van der Waals surface area contributed by atoms with Gasteiger partial charge in [0.1, 0.15) is 5.75 Å². The third-order valence-corrected chi connectivity index (χ3v) is 5.33. The van der Waals surface area contributed by atoms with E-state index in [1.807, 2.05) is 12.1 Å². The summed E-state index contributed by atoms with van der Waals surface area (Å²) in [7, 11) is 1.70. The molecule has 0 saturated heterocycles. The Bertz CT molecular complexity index is 522. The van der Waals surface area contributed by atoms with E-state index in [1.54, 1.807) is 18.4 Å². The van der Waals surface area contributed by atoms with Gasteiger partial charge in [-0.1, -0.05) is 37.9 Å². The number of thiophene rings is 1. The quantitative estimate of drug-likeness (QED) is 0.660. The molecule has 1 nitrogen and oxygen atoms in total. The van der Waals surface area contributed by atoms with E-state index in [-0.39, 0.29) is 4.83 Å². The summed E-state index contributed by atoms with van der Waals surface area (Å²) in [5.74, 6) is 0.896. The first-order valence-electron chi connectivity index (χ1n) is 5.15. The summed E-state index contributed by atoms with van der Waals surface area (Å²) in [6.45, 7) is 2.12. The molecule has 1 aromatic carbocycles. The first-order valence-corrected chi connectivity index (χ1v) is 7.68. The highest BCUT2D eigenvalue weighted by molar-refractivity contribution is 9.10. The van der Waals surface area contributed by atoms with Gasteiger partial charge in [0.15, 0.2) is 0 Å². The fourth-order valence-electron chi connectivity index (χ4n) is 1.64. The summed E-state index contributed by atoms with van der Waals surface area (Å²) < 4.78 is 6.45. The molecule has 0 aliphatic heterocycles. The maximum Gasteiger partial charge on any atom is 0.124 e. The molecule has 0 N–H and O–H groups in total. The zero-order chi connectivity index (χ0) is 12.4. The second-order valence-electron chi connectivity index (χ2n) is 3.70. The minimum absolute atomic E-state index is 0.184. The van der Waals surface area contributed by atoms with Crippen LogP contribution in [0, 0.1) is 6.92 Å². The molecule has 2 rings (SSSR count). The van der Waals surface area contributed by atoms with E-state index in [0.717, 1.165) is 15.8 Å². The van der Waals surface area contributed by atoms with Crippen molar-refractivity contribution in [3.05, 3.63) is 50.1 Å². The minimum Gasteiger partial charge on any atom is -0.496 e. The Morgan fingerprint density at radius 1 is 1.24 bits per heavy atom. The molecule has 1 atom stereocenters. The highest BCUT2D eigenvalue weighted by Crippen LogP contribution is 2.40. The molecular formula is C13H12Br2OS. The summed E-state index contributed by atoms with van der Waals surface area (Å²) in [5.41, 5.74) is 1.15. The van der Waals surface area contributed by atoms with Gasteiger partial charge in [0, 0.05) is 19.8 Å². The van der Waals surface area contributed by atoms with Crippen LogP contribution in [-0.4, -0.2) is 7.11 Å². The maximum atomic E-state index is 5.42. The van der Waals surface area contributed by atoms with E-state index in [9.17, 15) is 0 Å². The summed E-state index contributed by atoms with van der Waals surface area (Å²) in [5, 5.41) is 0. The molecule has 0 radical (unpaired) electrons. The van der Waals surface area contributed by atoms with Crippen LogP contribution < -0.4 is 4.74 Å². The third-order valence-electron chi connectivity index (χ3n) is 2.48. The predicted molar refractivity (Wildman–Crippen MR) is 80.5 cm³/mol. The fourth-order valence-corrected chi connectivity index (χ4v) is 3.66. The van der Waals surface area contributed by atoms with Crippen molar-refractivity contribution in [2.75, 3.05) is 7.11 Å². The van der Waals surface area contributed by atoms with Crippen molar-refractivity contribution < 1.29 is 4.74 Å². The molecule has 1 aromatic heterocycles. The molecule has 0 spiro atoms. The SMILES string of the molecule is COc1cc(Br)ccc1C(Br)c1ccc(C)s1. The standard InChI is InChI=1S/C13H12Br2OS/c1-8-3-6-12(17-8)13(15)10-5-4-9(14)7-11(10)16-2/h3-7,13H,1-2H3. The lowest BCUT2D eigenvalue weighted by Gasteiger charge is -2.13. The number of methoxy groups -OCH3 is 1. The van der Waals surface area contributed by atoms with Crippen LogP contribution in [0.4, 0.5) is 0 Å². The normalized spacial score (nSPS) is 12.5. The summed E-state index contributed by atoms with van der Waals surface area (Å²) in [4.78, 5) is 2.80. The number of alkyl halides is 1. The topological polar surface area (TPSA) is 9.23 Å². The van der Waals surface area contributed by atoms with Gasteiger partial charge in [0.25, 0.3) is 0 Å². The molecule has 0 aliphatic rings. The number of ether oxygens (including phenoxy) is 1. The molecule has 0 saturated carbocycles. The molecule has 90 valence electrons. The van der Waals surface area contributed by atoms with Crippen molar-refractivity contribution in [3.63, 3.8) is 0 Å². The number of halogens is 2. The number of hydrogen-bond acceptors (Lipinski definition) is 2. The second kappa shape index (κ2) is 5.55. The van der Waals surface area contributed by atoms with Crippen LogP contribution in [0.15, 0.2) is 34.8 Å². The van der Waals surface area contributed by atoms with Crippen molar-refractivity contribution in [2.24, 2.45) is 0 Å². The average Bonchev–Trinajstić information content (AvgIpc) is 2.75. The van der Waals surface area contributed by atoms with Gasteiger partial charge in [-0.25, -0.2) is 0 Å². The Hall–Kier alpha value is -0.320. The molecule has 0 aliphatic carbocycles. The molecule has 1 unspecified atom stereocenters. The number of aryl methyl sites for hydroxylation is 1. The van der Waals surface area contributed by atoms with Gasteiger partial charge in [-0.2, -0.15) is 0 Å². The van der Waals surface area contributed by atoms with Crippen molar-refractivity contribution >= 4 is 43.2 Å². The van der Waals surface area contributed by atoms with E-state index in [0.29, 0.717) is 0 Å². The third kappa shape index (κ3) is 2.92. The molecule has 0 amide bonds. The van der Waals surface area contributed by atoms with E-state index in [4.69, 9.17) is 4.74 Å². The Balaban J connectivity index is 2.39. The lowest BCUT2D eigenvalue weighted by molar-refractivity contribution is 0.410. The van der Waals surface area contributed by atoms with Gasteiger partial charge in [-0.3, -0.25) is 0 Å². The van der Waals surface area contributed by atoms with Crippen LogP contribution in [0.25, 0.3) is 0 Å². The molecule has 0 fully saturated rings. The maximum absolute atomic E-state index is 5.42. The van der Waals surface area contributed by atoms with Gasteiger partial charge >= 0.3 is 0 Å². The predicted octanol–water partition coefficient (Wildman–Crippen LogP) is 5.31.